The summed E-state index contributed by atoms with van der Waals surface area (Å²) in [6.07, 6.45) is 1.23. The molecule has 1 N–H and O–H groups in total. The molecule has 0 radical (unpaired) electrons. The Hall–Kier alpha value is -0.610. The van der Waals surface area contributed by atoms with E-state index >= 15 is 0 Å². The number of carbonyl (C=O) groups is 1. The molecule has 0 spiro atoms. The van der Waals surface area contributed by atoms with Gasteiger partial charge in [0.1, 0.15) is 0 Å². The van der Waals surface area contributed by atoms with E-state index in [0.717, 1.165) is 12.8 Å². The minimum Gasteiger partial charge on any atom is -0.391 e. The maximum atomic E-state index is 9.97. The van der Waals surface area contributed by atoms with Gasteiger partial charge in [-0.3, -0.25) is 4.79 Å². The smallest absolute Gasteiger partial charge is 0.209 e. The van der Waals surface area contributed by atoms with Crippen LogP contribution in [0.4, 0.5) is 0 Å². The molecule has 4 nitrogen and oxygen atoms in total. The van der Waals surface area contributed by atoms with Crippen LogP contribution >= 0.6 is 0 Å². The molecule has 1 rings (SSSR count). The van der Waals surface area contributed by atoms with Gasteiger partial charge in [0.15, 0.2) is 0 Å². The van der Waals surface area contributed by atoms with Crippen LogP contribution in [0.25, 0.3) is 0 Å². The summed E-state index contributed by atoms with van der Waals surface area (Å²) in [5.41, 5.74) is 0.0417. The molecule has 0 saturated carbocycles. The first-order valence-corrected chi connectivity index (χ1v) is 4.81. The third-order valence-corrected chi connectivity index (χ3v) is 1.96. The fraction of sp³-hybridized carbons (Fsp3) is 0.900. The number of hydrogen-bond acceptors (Lipinski definition) is 3. The molecule has 0 bridgehead atoms. The Balaban J connectivity index is 0.000000255. The predicted octanol–water partition coefficient (Wildman–Crippen LogP) is 0.641. The Bertz CT molecular complexity index is 165. The Kier molecular flexibility index (Phi) is 5.72. The number of β-amino-alcohol motifs (C(OH)–C–C–N with tert-alkyl or cyclic N) is 1. The lowest BCUT2D eigenvalue weighted by Crippen LogP contribution is -2.19. The van der Waals surface area contributed by atoms with E-state index in [1.54, 1.807) is 12.0 Å². The summed E-state index contributed by atoms with van der Waals surface area (Å²) in [5.74, 6) is 0. The highest BCUT2D eigenvalue weighted by atomic mass is 16.5. The fourth-order valence-electron chi connectivity index (χ4n) is 0.864. The van der Waals surface area contributed by atoms with E-state index in [2.05, 4.69) is 0 Å². The Morgan fingerprint density at radius 1 is 1.50 bits per heavy atom. The van der Waals surface area contributed by atoms with Gasteiger partial charge in [-0.2, -0.15) is 0 Å². The van der Waals surface area contributed by atoms with E-state index in [4.69, 9.17) is 9.84 Å². The maximum Gasteiger partial charge on any atom is 0.209 e. The molecule has 1 aliphatic heterocycles. The van der Waals surface area contributed by atoms with Gasteiger partial charge in [-0.1, -0.05) is 0 Å². The van der Waals surface area contributed by atoms with Crippen molar-refractivity contribution >= 4 is 6.41 Å². The van der Waals surface area contributed by atoms with Gasteiger partial charge in [0.05, 0.1) is 11.7 Å². The van der Waals surface area contributed by atoms with Gasteiger partial charge in [0.25, 0.3) is 0 Å². The lowest BCUT2D eigenvalue weighted by atomic mass is 10.2. The van der Waals surface area contributed by atoms with Gasteiger partial charge < -0.3 is 14.7 Å². The Labute approximate surface area is 85.9 Å². The minimum absolute atomic E-state index is 0.0417. The minimum atomic E-state index is -0.278. The summed E-state index contributed by atoms with van der Waals surface area (Å²) in [6, 6.07) is 0. The molecule has 1 aliphatic rings. The SMILES string of the molecule is COC(C)(C)C.O=CN1CCC(O)C1. The Morgan fingerprint density at radius 2 is 2.00 bits per heavy atom. The molecule has 1 amide bonds. The number of methoxy groups -OCH3 is 1. The van der Waals surface area contributed by atoms with E-state index < -0.39 is 0 Å². The summed E-state index contributed by atoms with van der Waals surface area (Å²) in [4.78, 5) is 11.5. The zero-order chi connectivity index (χ0) is 11.2. The Morgan fingerprint density at radius 3 is 2.14 bits per heavy atom. The van der Waals surface area contributed by atoms with Gasteiger partial charge in [-0.15, -0.1) is 0 Å². The van der Waals surface area contributed by atoms with Gasteiger partial charge in [-0.05, 0) is 27.2 Å². The summed E-state index contributed by atoms with van der Waals surface area (Å²) < 4.78 is 4.94. The van der Waals surface area contributed by atoms with Crippen molar-refractivity contribution < 1.29 is 14.6 Å². The lowest BCUT2D eigenvalue weighted by molar-refractivity contribution is -0.117. The summed E-state index contributed by atoms with van der Waals surface area (Å²) >= 11 is 0. The van der Waals surface area contributed by atoms with Crippen molar-refractivity contribution in [3.8, 4) is 0 Å². The highest BCUT2D eigenvalue weighted by molar-refractivity contribution is 5.47. The quantitative estimate of drug-likeness (QED) is 0.636. The molecule has 1 unspecified atom stereocenters. The molecule has 0 aliphatic carbocycles. The molecule has 0 aromatic heterocycles. The number of rotatable bonds is 1. The summed E-state index contributed by atoms with van der Waals surface area (Å²) in [6.45, 7) is 7.29. The van der Waals surface area contributed by atoms with Crippen molar-refractivity contribution in [2.45, 2.75) is 38.9 Å². The average Bonchev–Trinajstić information content (AvgIpc) is 2.51. The first-order chi connectivity index (χ1) is 6.39. The first kappa shape index (κ1) is 13.4. The molecular weight excluding hydrogens is 182 g/mol. The summed E-state index contributed by atoms with van der Waals surface area (Å²) in [7, 11) is 1.71. The monoisotopic (exact) mass is 203 g/mol. The second-order valence-electron chi connectivity index (χ2n) is 4.36. The molecule has 0 aromatic carbocycles. The largest absolute Gasteiger partial charge is 0.391 e. The molecule has 1 heterocycles. The second-order valence-corrected chi connectivity index (χ2v) is 4.36. The number of carbonyl (C=O) groups excluding carboxylic acids is 1. The van der Waals surface area contributed by atoms with Crippen LogP contribution in [0.3, 0.4) is 0 Å². The van der Waals surface area contributed by atoms with Crippen molar-refractivity contribution in [2.75, 3.05) is 20.2 Å². The highest BCUT2D eigenvalue weighted by Crippen LogP contribution is 2.04. The van der Waals surface area contributed by atoms with Crippen LogP contribution in [0.15, 0.2) is 0 Å². The number of ether oxygens (including phenoxy) is 1. The topological polar surface area (TPSA) is 49.8 Å². The van der Waals surface area contributed by atoms with E-state index in [1.807, 2.05) is 20.8 Å². The number of nitrogens with zero attached hydrogens (tertiary/aromatic N) is 1. The van der Waals surface area contributed by atoms with Crippen molar-refractivity contribution in [3.63, 3.8) is 0 Å². The van der Waals surface area contributed by atoms with Crippen LogP contribution in [0, 0.1) is 0 Å². The normalized spacial score (nSPS) is 21.5. The number of aliphatic hydroxyl groups is 1. The van der Waals surface area contributed by atoms with Gasteiger partial charge in [-0.25, -0.2) is 0 Å². The molecule has 1 saturated heterocycles. The van der Waals surface area contributed by atoms with Crippen LogP contribution in [0.5, 0.6) is 0 Å². The number of aliphatic hydroxyl groups excluding tert-OH is 1. The zero-order valence-corrected chi connectivity index (χ0v) is 9.49. The number of amides is 1. The van der Waals surface area contributed by atoms with E-state index in [1.165, 1.54) is 0 Å². The third-order valence-electron chi connectivity index (χ3n) is 1.96. The predicted molar refractivity (Wildman–Crippen MR) is 55.0 cm³/mol. The molecule has 0 aromatic rings. The summed E-state index contributed by atoms with van der Waals surface area (Å²) in [5, 5.41) is 8.83. The van der Waals surface area contributed by atoms with Crippen molar-refractivity contribution in [3.05, 3.63) is 0 Å². The second kappa shape index (κ2) is 5.98. The van der Waals surface area contributed by atoms with Gasteiger partial charge in [0, 0.05) is 20.2 Å². The van der Waals surface area contributed by atoms with E-state index in [9.17, 15) is 4.79 Å². The van der Waals surface area contributed by atoms with E-state index in [0.29, 0.717) is 13.1 Å². The first-order valence-electron chi connectivity index (χ1n) is 4.81. The average molecular weight is 203 g/mol. The molecule has 4 heteroatoms. The number of hydrogen-bond donors (Lipinski definition) is 1. The fourth-order valence-corrected chi connectivity index (χ4v) is 0.864. The molecular formula is C10H21NO3. The van der Waals surface area contributed by atoms with Crippen molar-refractivity contribution in [2.24, 2.45) is 0 Å². The standard InChI is InChI=1S/C5H9NO2.C5H12O/c7-4-6-2-1-5(8)3-6;1-5(2,3)6-4/h4-5,8H,1-3H2;1-4H3. The molecule has 1 fully saturated rings. The van der Waals surface area contributed by atoms with Crippen LogP contribution < -0.4 is 0 Å². The maximum absolute atomic E-state index is 9.97. The van der Waals surface area contributed by atoms with Crippen LogP contribution in [0.1, 0.15) is 27.2 Å². The molecule has 14 heavy (non-hydrogen) atoms. The zero-order valence-electron chi connectivity index (χ0n) is 9.49. The third kappa shape index (κ3) is 6.86. The number of likely N-dealkylation sites (tertiary alicyclic amines) is 1. The lowest BCUT2D eigenvalue weighted by Gasteiger charge is -2.14. The molecule has 1 atom stereocenters. The van der Waals surface area contributed by atoms with Gasteiger partial charge >= 0.3 is 0 Å². The highest BCUT2D eigenvalue weighted by Gasteiger charge is 2.17. The van der Waals surface area contributed by atoms with Crippen molar-refractivity contribution in [1.82, 2.24) is 4.90 Å². The van der Waals surface area contributed by atoms with Crippen molar-refractivity contribution in [1.29, 1.82) is 0 Å². The van der Waals surface area contributed by atoms with E-state index in [-0.39, 0.29) is 11.7 Å². The molecule has 84 valence electrons. The van der Waals surface area contributed by atoms with Crippen LogP contribution in [-0.2, 0) is 9.53 Å². The van der Waals surface area contributed by atoms with Gasteiger partial charge in [0.2, 0.25) is 6.41 Å². The van der Waals surface area contributed by atoms with Crippen LogP contribution in [-0.4, -0.2) is 48.3 Å². The van der Waals surface area contributed by atoms with Crippen LogP contribution in [0.2, 0.25) is 0 Å².